The van der Waals surface area contributed by atoms with Crippen molar-refractivity contribution >= 4 is 5.97 Å². The van der Waals surface area contributed by atoms with E-state index in [9.17, 15) is 15.0 Å². The third-order valence-corrected chi connectivity index (χ3v) is 10.9. The fraction of sp³-hybridized carbons (Fsp3) is 0.594. The van der Waals surface area contributed by atoms with Crippen molar-refractivity contribution in [3.63, 3.8) is 0 Å². The quantitative estimate of drug-likeness (QED) is 0.429. The summed E-state index contributed by atoms with van der Waals surface area (Å²) in [6.45, 7) is 12.4. The molecule has 9 heteroatoms. The number of aromatic nitrogens is 3. The van der Waals surface area contributed by atoms with Gasteiger partial charge in [-0.2, -0.15) is 0 Å². The highest BCUT2D eigenvalue weighted by Crippen LogP contribution is 2.73. The minimum absolute atomic E-state index is 0.0816. The number of hydrogen-bond donors (Lipinski definition) is 2. The van der Waals surface area contributed by atoms with Crippen molar-refractivity contribution < 1.29 is 29.2 Å². The average molecular weight is 562 g/mol. The van der Waals surface area contributed by atoms with E-state index in [1.54, 1.807) is 0 Å². The minimum Gasteiger partial charge on any atom is -0.450 e. The molecule has 1 aromatic carbocycles. The van der Waals surface area contributed by atoms with Gasteiger partial charge in [-0.3, -0.25) is 0 Å². The molecule has 1 unspecified atom stereocenters. The van der Waals surface area contributed by atoms with E-state index in [1.165, 1.54) is 10.9 Å². The number of fused-ring (bicyclic) bond motifs is 5. The molecule has 9 nitrogen and oxygen atoms in total. The highest BCUT2D eigenvalue weighted by atomic mass is 16.7. The second-order valence-electron chi connectivity index (χ2n) is 13.8. The Balaban J connectivity index is 1.35. The zero-order valence-corrected chi connectivity index (χ0v) is 24.4. The van der Waals surface area contributed by atoms with Gasteiger partial charge in [0.1, 0.15) is 11.7 Å². The first-order valence-electron chi connectivity index (χ1n) is 14.6. The molecule has 0 radical (unpaired) electrons. The van der Waals surface area contributed by atoms with E-state index in [0.29, 0.717) is 17.2 Å². The monoisotopic (exact) mass is 561 g/mol. The lowest BCUT2D eigenvalue weighted by atomic mass is 9.58. The molecule has 2 bridgehead atoms. The fourth-order valence-corrected chi connectivity index (χ4v) is 8.91. The van der Waals surface area contributed by atoms with E-state index in [0.717, 1.165) is 12.0 Å². The van der Waals surface area contributed by atoms with Crippen LogP contribution in [0.15, 0.2) is 59.8 Å². The Kier molecular flexibility index (Phi) is 5.66. The van der Waals surface area contributed by atoms with Crippen molar-refractivity contribution in [1.82, 2.24) is 15.0 Å². The molecule has 1 spiro atoms. The Labute approximate surface area is 240 Å². The third-order valence-electron chi connectivity index (χ3n) is 10.9. The molecular weight excluding hydrogens is 522 g/mol. The van der Waals surface area contributed by atoms with E-state index in [1.807, 2.05) is 57.2 Å². The Morgan fingerprint density at radius 3 is 2.63 bits per heavy atom. The lowest BCUT2D eigenvalue weighted by molar-refractivity contribution is -0.312. The van der Waals surface area contributed by atoms with Gasteiger partial charge < -0.3 is 24.4 Å². The predicted octanol–water partition coefficient (Wildman–Crippen LogP) is 3.85. The number of rotatable bonds is 3. The molecule has 7 rings (SSSR count). The van der Waals surface area contributed by atoms with Crippen LogP contribution in [0.4, 0.5) is 0 Å². The second-order valence-corrected chi connectivity index (χ2v) is 13.8. The van der Waals surface area contributed by atoms with Crippen LogP contribution in [-0.2, 0) is 14.2 Å². The molecule has 1 saturated heterocycles. The number of hydrogen-bond acceptors (Lipinski definition) is 8. The van der Waals surface area contributed by atoms with Crippen molar-refractivity contribution in [2.75, 3.05) is 6.61 Å². The highest BCUT2D eigenvalue weighted by Gasteiger charge is 2.77. The van der Waals surface area contributed by atoms with Gasteiger partial charge in [-0.05, 0) is 73.6 Å². The predicted molar refractivity (Wildman–Crippen MR) is 149 cm³/mol. The molecule has 3 fully saturated rings. The normalized spacial score (nSPS) is 41.5. The van der Waals surface area contributed by atoms with E-state index >= 15 is 0 Å². The molecular formula is C32H39N3O6. The Morgan fingerprint density at radius 2 is 1.90 bits per heavy atom. The van der Waals surface area contributed by atoms with Crippen molar-refractivity contribution in [2.45, 2.75) is 77.7 Å². The number of aliphatic hydroxyl groups is 2. The lowest BCUT2D eigenvalue weighted by Crippen LogP contribution is -2.69. The molecule has 2 N–H and O–H groups in total. The largest absolute Gasteiger partial charge is 0.450 e. The number of para-hydroxylation sites is 1. The number of aliphatic hydroxyl groups excluding tert-OH is 1. The summed E-state index contributed by atoms with van der Waals surface area (Å²) in [4.78, 5) is 13.8. The van der Waals surface area contributed by atoms with Crippen LogP contribution >= 0.6 is 0 Å². The van der Waals surface area contributed by atoms with Gasteiger partial charge in [0.2, 0.25) is 0 Å². The number of carbonyl (C=O) groups excluding carboxylic acids is 1. The molecule has 41 heavy (non-hydrogen) atoms. The molecule has 218 valence electrons. The summed E-state index contributed by atoms with van der Waals surface area (Å²) in [6, 6.07) is 9.23. The topological polar surface area (TPSA) is 116 Å². The second kappa shape index (κ2) is 8.60. The first kappa shape index (κ1) is 27.0. The van der Waals surface area contributed by atoms with Gasteiger partial charge in [-0.1, -0.05) is 56.3 Å². The third kappa shape index (κ3) is 3.52. The molecule has 2 heterocycles. The van der Waals surface area contributed by atoms with Crippen LogP contribution in [0.2, 0.25) is 0 Å². The number of carbonyl (C=O) groups is 1. The molecule has 1 aliphatic heterocycles. The van der Waals surface area contributed by atoms with Gasteiger partial charge in [-0.25, -0.2) is 9.48 Å². The van der Waals surface area contributed by atoms with Crippen LogP contribution in [0.5, 0.6) is 0 Å². The highest BCUT2D eigenvalue weighted by molar-refractivity contribution is 5.88. The number of benzene rings is 1. The lowest BCUT2D eigenvalue weighted by Gasteiger charge is -2.55. The van der Waals surface area contributed by atoms with Crippen molar-refractivity contribution in [3.05, 3.63) is 65.5 Å². The summed E-state index contributed by atoms with van der Waals surface area (Å²) in [5.74, 6) is -1.27. The summed E-state index contributed by atoms with van der Waals surface area (Å²) < 4.78 is 20.3. The van der Waals surface area contributed by atoms with E-state index < -0.39 is 41.1 Å². The molecule has 0 amide bonds. The maximum absolute atomic E-state index is 13.8. The maximum Gasteiger partial charge on any atom is 0.359 e. The number of esters is 1. The summed E-state index contributed by atoms with van der Waals surface area (Å²) >= 11 is 0. The Bertz CT molecular complexity index is 1460. The molecule has 9 atom stereocenters. The van der Waals surface area contributed by atoms with Gasteiger partial charge >= 0.3 is 5.97 Å². The summed E-state index contributed by atoms with van der Waals surface area (Å²) in [5, 5.41) is 33.7. The molecule has 2 saturated carbocycles. The minimum atomic E-state index is -1.78. The zero-order chi connectivity index (χ0) is 29.1. The first-order chi connectivity index (χ1) is 19.3. The summed E-state index contributed by atoms with van der Waals surface area (Å²) in [7, 11) is 0. The van der Waals surface area contributed by atoms with Gasteiger partial charge in [0.05, 0.1) is 30.0 Å². The van der Waals surface area contributed by atoms with E-state index in [-0.39, 0.29) is 35.5 Å². The smallest absolute Gasteiger partial charge is 0.359 e. The van der Waals surface area contributed by atoms with Crippen LogP contribution in [0, 0.1) is 34.5 Å². The van der Waals surface area contributed by atoms with Crippen molar-refractivity contribution in [2.24, 2.45) is 34.5 Å². The zero-order valence-electron chi connectivity index (χ0n) is 24.4. The van der Waals surface area contributed by atoms with Gasteiger partial charge in [0.25, 0.3) is 0 Å². The van der Waals surface area contributed by atoms with Crippen molar-refractivity contribution in [3.8, 4) is 5.69 Å². The van der Waals surface area contributed by atoms with E-state index in [4.69, 9.17) is 14.2 Å². The molecule has 5 aliphatic rings. The molecule has 1 aromatic heterocycles. The first-order valence-corrected chi connectivity index (χ1v) is 14.6. The number of nitrogens with zero attached hydrogens (tertiary/aromatic N) is 3. The average Bonchev–Trinajstić information content (AvgIpc) is 3.21. The fourth-order valence-electron chi connectivity index (χ4n) is 8.91. The van der Waals surface area contributed by atoms with Gasteiger partial charge in [-0.15, -0.1) is 5.10 Å². The molecule has 4 aliphatic carbocycles. The van der Waals surface area contributed by atoms with Crippen LogP contribution in [0.3, 0.4) is 0 Å². The summed E-state index contributed by atoms with van der Waals surface area (Å²) in [5.41, 5.74) is -0.525. The van der Waals surface area contributed by atoms with Crippen LogP contribution in [0.25, 0.3) is 5.69 Å². The SMILES string of the molecule is CC1=C[C@]23C(O)[C@@H](C=C4COC(C)(C)O[C@H]4[C@]2(O)[C@H]1OC(=O)c1cnnn1-c1ccccc1)[C@H]1[C@@H](C[C@H]3C)C1(C)C. The number of ether oxygens (including phenoxy) is 3. The van der Waals surface area contributed by atoms with E-state index in [2.05, 4.69) is 37.2 Å². The van der Waals surface area contributed by atoms with Crippen LogP contribution in [-0.4, -0.2) is 67.5 Å². The van der Waals surface area contributed by atoms with Crippen LogP contribution < -0.4 is 0 Å². The summed E-state index contributed by atoms with van der Waals surface area (Å²) in [6.07, 6.45) is 3.47. The van der Waals surface area contributed by atoms with Gasteiger partial charge in [0, 0.05) is 5.92 Å². The van der Waals surface area contributed by atoms with Crippen LogP contribution in [0.1, 0.15) is 58.5 Å². The Morgan fingerprint density at radius 1 is 1.17 bits per heavy atom. The maximum atomic E-state index is 13.8. The molecule has 2 aromatic rings. The van der Waals surface area contributed by atoms with Crippen molar-refractivity contribution in [1.29, 1.82) is 0 Å². The Hall–Kier alpha value is -2.85. The standard InChI is InChI=1S/C32H39N3O6/c1-17-14-31-18(2)12-22-24(29(22,3)4)21(25(31)36)13-19-16-39-30(5,6)41-27(19)32(31,38)26(17)40-28(37)23-15-33-34-35(23)20-10-8-7-9-11-20/h7-11,13-15,18,21-22,24-27,36,38H,12,16H2,1-6H3/t18-,21+,22-,24+,25?,26+,27-,31+,32-/m1/s1. The van der Waals surface area contributed by atoms with Gasteiger partial charge in [0.15, 0.2) is 17.6 Å².